The molecule has 68 valence electrons. The maximum Gasteiger partial charge on any atom is 0.247 e. The van der Waals surface area contributed by atoms with Crippen LogP contribution < -0.4 is 5.32 Å². The molecule has 1 N–H and O–H groups in total. The number of rotatable bonds is 2. The van der Waals surface area contributed by atoms with E-state index in [2.05, 4.69) is 5.32 Å². The number of nitrogens with zero attached hydrogens (tertiary/aromatic N) is 1. The van der Waals surface area contributed by atoms with Crippen LogP contribution in [-0.2, 0) is 4.79 Å². The molecule has 0 fully saturated rings. The molecule has 0 aromatic heterocycles. The summed E-state index contributed by atoms with van der Waals surface area (Å²) in [6.07, 6.45) is 1.70. The molecule has 0 saturated carbocycles. The van der Waals surface area contributed by atoms with Crippen LogP contribution in [0.4, 0.5) is 0 Å². The Kier molecular flexibility index (Phi) is 10.8. The zero-order chi connectivity index (χ0) is 9.98. The van der Waals surface area contributed by atoms with Gasteiger partial charge in [-0.25, -0.2) is 0 Å². The molecule has 0 saturated heterocycles. The Balaban J connectivity index is 0. The number of nitriles is 1. The molecule has 3 heteroatoms. The minimum absolute atomic E-state index is 0.0734. The van der Waals surface area contributed by atoms with Crippen molar-refractivity contribution in [2.24, 2.45) is 0 Å². The zero-order valence-corrected chi connectivity index (χ0v) is 8.14. The Morgan fingerprint density at radius 2 is 2.08 bits per heavy atom. The van der Waals surface area contributed by atoms with Crippen molar-refractivity contribution in [3.63, 3.8) is 0 Å². The first-order chi connectivity index (χ1) is 5.72. The Morgan fingerprint density at radius 1 is 1.58 bits per heavy atom. The first-order valence-electron chi connectivity index (χ1n) is 4.00. The Labute approximate surface area is 74.1 Å². The lowest BCUT2D eigenvalue weighted by Crippen LogP contribution is -2.23. The average Bonchev–Trinajstić information content (AvgIpc) is 2.16. The summed E-state index contributed by atoms with van der Waals surface area (Å²) in [5, 5.41) is 10.5. The topological polar surface area (TPSA) is 52.9 Å². The highest BCUT2D eigenvalue weighted by molar-refractivity contribution is 5.92. The van der Waals surface area contributed by atoms with E-state index in [9.17, 15) is 4.79 Å². The van der Waals surface area contributed by atoms with Gasteiger partial charge in [0.05, 0.1) is 6.07 Å². The maximum absolute atomic E-state index is 10.8. The maximum atomic E-state index is 10.8. The summed E-state index contributed by atoms with van der Waals surface area (Å²) in [6, 6.07) is 1.82. The van der Waals surface area contributed by atoms with Crippen molar-refractivity contribution in [1.29, 1.82) is 5.26 Å². The van der Waals surface area contributed by atoms with Gasteiger partial charge in [-0.15, -0.1) is 0 Å². The number of carbonyl (C=O) groups is 1. The average molecular weight is 168 g/mol. The third-order valence-electron chi connectivity index (χ3n) is 1.12. The van der Waals surface area contributed by atoms with Gasteiger partial charge in [-0.05, 0) is 13.8 Å². The minimum Gasteiger partial charge on any atom is -0.339 e. The number of carbonyl (C=O) groups excluding carboxylic acids is 1. The van der Waals surface area contributed by atoms with Gasteiger partial charge in [0.2, 0.25) is 5.91 Å². The quantitative estimate of drug-likeness (QED) is 0.503. The Bertz CT molecular complexity index is 189. The normalized spacial score (nSPS) is 9.08. The summed E-state index contributed by atoms with van der Waals surface area (Å²) in [5.41, 5.74) is 0.634. The van der Waals surface area contributed by atoms with E-state index >= 15 is 0 Å². The predicted octanol–water partition coefficient (Wildman–Crippen LogP) is 1.62. The van der Waals surface area contributed by atoms with Gasteiger partial charge in [0, 0.05) is 5.57 Å². The van der Waals surface area contributed by atoms with Crippen LogP contribution in [0.2, 0.25) is 0 Å². The fourth-order valence-corrected chi connectivity index (χ4v) is 0.390. The van der Waals surface area contributed by atoms with Crippen LogP contribution in [-0.4, -0.2) is 12.5 Å². The van der Waals surface area contributed by atoms with Crippen LogP contribution in [0.5, 0.6) is 0 Å². The summed E-state index contributed by atoms with van der Waals surface area (Å²) in [6.45, 7) is 7.55. The van der Waals surface area contributed by atoms with Crippen LogP contribution in [0.25, 0.3) is 0 Å². The highest BCUT2D eigenvalue weighted by Crippen LogP contribution is 1.89. The van der Waals surface area contributed by atoms with Crippen molar-refractivity contribution in [2.75, 3.05) is 6.54 Å². The number of allylic oxidation sites excluding steroid dienone is 1. The number of amides is 1. The molecule has 1 amide bonds. The van der Waals surface area contributed by atoms with Crippen molar-refractivity contribution in [2.45, 2.75) is 27.7 Å². The second kappa shape index (κ2) is 9.70. The minimum atomic E-state index is -0.177. The monoisotopic (exact) mass is 168 g/mol. The van der Waals surface area contributed by atoms with Crippen molar-refractivity contribution < 1.29 is 4.79 Å². The molecular formula is C9H16N2O. The number of nitrogens with one attached hydrogen (secondary N) is 1. The fourth-order valence-electron chi connectivity index (χ4n) is 0.390. The largest absolute Gasteiger partial charge is 0.339 e. The molecule has 0 aliphatic carbocycles. The molecule has 0 bridgehead atoms. The third kappa shape index (κ3) is 6.81. The van der Waals surface area contributed by atoms with Gasteiger partial charge in [-0.3, -0.25) is 4.79 Å². The standard InChI is InChI=1S/C7H10N2O.C2H6/c1-3-6(2)7(10)9-5-4-8;1-2/h3H,5H2,1-2H3,(H,9,10);1-2H3/b6-3+;. The van der Waals surface area contributed by atoms with E-state index in [1.54, 1.807) is 19.9 Å². The molecule has 12 heavy (non-hydrogen) atoms. The first kappa shape index (κ1) is 13.3. The van der Waals surface area contributed by atoms with E-state index in [4.69, 9.17) is 5.26 Å². The molecule has 0 rings (SSSR count). The summed E-state index contributed by atoms with van der Waals surface area (Å²) >= 11 is 0. The van der Waals surface area contributed by atoms with Crippen molar-refractivity contribution in [3.8, 4) is 6.07 Å². The second-order valence-corrected chi connectivity index (χ2v) is 1.81. The van der Waals surface area contributed by atoms with E-state index in [0.717, 1.165) is 0 Å². The highest BCUT2D eigenvalue weighted by atomic mass is 16.1. The van der Waals surface area contributed by atoms with Gasteiger partial charge in [0.1, 0.15) is 6.54 Å². The number of hydrogen-bond donors (Lipinski definition) is 1. The zero-order valence-electron chi connectivity index (χ0n) is 8.14. The molecule has 0 heterocycles. The van der Waals surface area contributed by atoms with Crippen LogP contribution in [0.1, 0.15) is 27.7 Å². The van der Waals surface area contributed by atoms with E-state index in [1.807, 2.05) is 19.9 Å². The predicted molar refractivity (Wildman–Crippen MR) is 49.4 cm³/mol. The van der Waals surface area contributed by atoms with Crippen LogP contribution >= 0.6 is 0 Å². The van der Waals surface area contributed by atoms with Crippen molar-refractivity contribution >= 4 is 5.91 Å². The molecule has 0 aliphatic rings. The SMILES string of the molecule is C/C=C(\C)C(=O)NCC#N.CC. The van der Waals surface area contributed by atoms with Gasteiger partial charge in [-0.2, -0.15) is 5.26 Å². The third-order valence-corrected chi connectivity index (χ3v) is 1.12. The van der Waals surface area contributed by atoms with Gasteiger partial charge in [-0.1, -0.05) is 19.9 Å². The highest BCUT2D eigenvalue weighted by Gasteiger charge is 1.98. The molecule has 0 aliphatic heterocycles. The summed E-state index contributed by atoms with van der Waals surface area (Å²) in [4.78, 5) is 10.8. The van der Waals surface area contributed by atoms with E-state index in [1.165, 1.54) is 0 Å². The molecule has 0 spiro atoms. The van der Waals surface area contributed by atoms with Crippen LogP contribution in [0.15, 0.2) is 11.6 Å². The Morgan fingerprint density at radius 3 is 2.42 bits per heavy atom. The van der Waals surface area contributed by atoms with Gasteiger partial charge in [0.25, 0.3) is 0 Å². The lowest BCUT2D eigenvalue weighted by atomic mass is 10.3. The molecule has 0 unspecified atom stereocenters. The van der Waals surface area contributed by atoms with Gasteiger partial charge >= 0.3 is 0 Å². The molecule has 0 aromatic carbocycles. The molecule has 0 aromatic rings. The van der Waals surface area contributed by atoms with Crippen molar-refractivity contribution in [3.05, 3.63) is 11.6 Å². The molecule has 3 nitrogen and oxygen atoms in total. The van der Waals surface area contributed by atoms with E-state index in [0.29, 0.717) is 5.57 Å². The second-order valence-electron chi connectivity index (χ2n) is 1.81. The molecule has 0 atom stereocenters. The van der Waals surface area contributed by atoms with Crippen molar-refractivity contribution in [1.82, 2.24) is 5.32 Å². The van der Waals surface area contributed by atoms with Crippen LogP contribution in [0.3, 0.4) is 0 Å². The van der Waals surface area contributed by atoms with Gasteiger partial charge in [0.15, 0.2) is 0 Å². The van der Waals surface area contributed by atoms with Gasteiger partial charge < -0.3 is 5.32 Å². The fraction of sp³-hybridized carbons (Fsp3) is 0.556. The summed E-state index contributed by atoms with van der Waals surface area (Å²) in [5.74, 6) is -0.177. The molecule has 0 radical (unpaired) electrons. The first-order valence-corrected chi connectivity index (χ1v) is 4.00. The van der Waals surface area contributed by atoms with E-state index in [-0.39, 0.29) is 12.5 Å². The van der Waals surface area contributed by atoms with E-state index < -0.39 is 0 Å². The lowest BCUT2D eigenvalue weighted by Gasteiger charge is -1.97. The lowest BCUT2D eigenvalue weighted by molar-refractivity contribution is -0.117. The summed E-state index contributed by atoms with van der Waals surface area (Å²) in [7, 11) is 0. The van der Waals surface area contributed by atoms with Crippen LogP contribution in [0, 0.1) is 11.3 Å². The Hall–Kier alpha value is -1.30. The molecular weight excluding hydrogens is 152 g/mol. The smallest absolute Gasteiger partial charge is 0.247 e. The number of hydrogen-bond acceptors (Lipinski definition) is 2. The summed E-state index contributed by atoms with van der Waals surface area (Å²) < 4.78 is 0.